The number of benzene rings is 2. The molecule has 0 radical (unpaired) electrons. The Morgan fingerprint density at radius 2 is 1.90 bits per heavy atom. The van der Waals surface area contributed by atoms with Crippen molar-refractivity contribution in [3.63, 3.8) is 0 Å². The highest BCUT2D eigenvalue weighted by Crippen LogP contribution is 2.34. The molecule has 1 aromatic heterocycles. The van der Waals surface area contributed by atoms with Crippen molar-refractivity contribution in [2.24, 2.45) is 0 Å². The van der Waals surface area contributed by atoms with Crippen molar-refractivity contribution >= 4 is 44.6 Å². The molecule has 2 aromatic carbocycles. The number of aromatic nitrogens is 1. The normalized spacial score (nSPS) is 10.7. The Bertz CT molecular complexity index is 835. The molecule has 0 aliphatic rings. The van der Waals surface area contributed by atoms with Crippen LogP contribution in [0.15, 0.2) is 68.9 Å². The van der Waals surface area contributed by atoms with Crippen LogP contribution in [0, 0.1) is 0 Å². The minimum absolute atomic E-state index is 0.0613. The van der Waals surface area contributed by atoms with E-state index >= 15 is 0 Å². The molecule has 104 valence electrons. The van der Waals surface area contributed by atoms with Crippen LogP contribution in [0.2, 0.25) is 0 Å². The molecule has 0 saturated carbocycles. The summed E-state index contributed by atoms with van der Waals surface area (Å²) in [4.78, 5) is 17.3. The van der Waals surface area contributed by atoms with Gasteiger partial charge in [-0.2, -0.15) is 0 Å². The maximum Gasteiger partial charge on any atom is 0.354 e. The van der Waals surface area contributed by atoms with Crippen molar-refractivity contribution in [3.05, 3.63) is 64.8 Å². The van der Waals surface area contributed by atoms with Gasteiger partial charge in [-0.25, -0.2) is 9.78 Å². The maximum atomic E-state index is 11.2. The Hall–Kier alpha value is -1.85. The van der Waals surface area contributed by atoms with Crippen LogP contribution < -0.4 is 0 Å². The zero-order valence-electron chi connectivity index (χ0n) is 10.8. The van der Waals surface area contributed by atoms with Gasteiger partial charge in [0, 0.05) is 19.6 Å². The summed E-state index contributed by atoms with van der Waals surface area (Å²) in [6.07, 6.45) is 0. The molecule has 0 fully saturated rings. The molecule has 0 saturated heterocycles. The Morgan fingerprint density at radius 1 is 1.10 bits per heavy atom. The molecule has 0 atom stereocenters. The predicted molar refractivity (Wildman–Crippen MR) is 87.0 cm³/mol. The number of aromatic carboxylic acids is 1. The van der Waals surface area contributed by atoms with E-state index in [4.69, 9.17) is 0 Å². The number of carbonyl (C=O) groups is 1. The fourth-order valence-electron chi connectivity index (χ4n) is 1.99. The molecule has 0 amide bonds. The van der Waals surface area contributed by atoms with Gasteiger partial charge in [0.05, 0.1) is 5.52 Å². The van der Waals surface area contributed by atoms with Crippen molar-refractivity contribution in [1.29, 1.82) is 0 Å². The lowest BCUT2D eigenvalue weighted by Gasteiger charge is -2.08. The van der Waals surface area contributed by atoms with Crippen LogP contribution in [0.3, 0.4) is 0 Å². The summed E-state index contributed by atoms with van der Waals surface area (Å²) < 4.78 is 0.990. The number of hydrogen-bond acceptors (Lipinski definition) is 3. The highest BCUT2D eigenvalue weighted by Gasteiger charge is 2.11. The largest absolute Gasteiger partial charge is 0.477 e. The fourth-order valence-corrected chi connectivity index (χ4v) is 3.59. The first-order valence-electron chi connectivity index (χ1n) is 6.20. The summed E-state index contributed by atoms with van der Waals surface area (Å²) >= 11 is 4.97. The number of carboxylic acids is 1. The molecule has 0 unspecified atom stereocenters. The first kappa shape index (κ1) is 14.1. The number of fused-ring (bicyclic) bond motifs is 1. The fraction of sp³-hybridized carbons (Fsp3) is 0. The third-order valence-corrected chi connectivity index (χ3v) is 4.46. The summed E-state index contributed by atoms with van der Waals surface area (Å²) in [6.45, 7) is 0. The average molecular weight is 360 g/mol. The zero-order chi connectivity index (χ0) is 14.8. The van der Waals surface area contributed by atoms with Crippen molar-refractivity contribution in [3.8, 4) is 0 Å². The monoisotopic (exact) mass is 359 g/mol. The topological polar surface area (TPSA) is 50.2 Å². The molecule has 3 nitrogen and oxygen atoms in total. The van der Waals surface area contributed by atoms with Gasteiger partial charge in [-0.1, -0.05) is 52.0 Å². The van der Waals surface area contributed by atoms with E-state index in [0.717, 1.165) is 19.6 Å². The Labute approximate surface area is 134 Å². The Balaban J connectivity index is 2.13. The smallest absolute Gasteiger partial charge is 0.354 e. The molecule has 3 aromatic rings. The van der Waals surface area contributed by atoms with Gasteiger partial charge in [0.25, 0.3) is 0 Å². The van der Waals surface area contributed by atoms with Gasteiger partial charge < -0.3 is 5.11 Å². The van der Waals surface area contributed by atoms with E-state index in [-0.39, 0.29) is 5.69 Å². The van der Waals surface area contributed by atoms with E-state index < -0.39 is 5.97 Å². The second-order valence-corrected chi connectivity index (χ2v) is 6.42. The van der Waals surface area contributed by atoms with Gasteiger partial charge in [-0.15, -0.1) is 0 Å². The van der Waals surface area contributed by atoms with Gasteiger partial charge in [-0.3, -0.25) is 0 Å². The lowest BCUT2D eigenvalue weighted by molar-refractivity contribution is 0.0690. The van der Waals surface area contributed by atoms with E-state index in [0.29, 0.717) is 5.52 Å². The summed E-state index contributed by atoms with van der Waals surface area (Å²) in [6, 6.07) is 17.1. The maximum absolute atomic E-state index is 11.2. The van der Waals surface area contributed by atoms with Crippen LogP contribution >= 0.6 is 27.7 Å². The number of rotatable bonds is 3. The molecular weight excluding hydrogens is 350 g/mol. The molecule has 1 N–H and O–H groups in total. The molecule has 5 heteroatoms. The number of para-hydroxylation sites is 1. The van der Waals surface area contributed by atoms with Crippen LogP contribution in [-0.2, 0) is 0 Å². The second kappa shape index (κ2) is 5.87. The molecule has 0 aliphatic carbocycles. The van der Waals surface area contributed by atoms with Crippen LogP contribution in [-0.4, -0.2) is 16.1 Å². The van der Waals surface area contributed by atoms with Crippen LogP contribution in [0.4, 0.5) is 0 Å². The predicted octanol–water partition coefficient (Wildman–Crippen LogP) is 4.85. The molecule has 0 spiro atoms. The molecule has 21 heavy (non-hydrogen) atoms. The third-order valence-electron chi connectivity index (χ3n) is 2.92. The Kier molecular flexibility index (Phi) is 3.94. The first-order chi connectivity index (χ1) is 10.1. The number of carboxylic acid groups (broad SMARTS) is 1. The standard InChI is InChI=1S/C16H10BrNO2S/c17-10-4-3-5-11(8-10)21-15-9-14(16(19)20)18-13-7-2-1-6-12(13)15/h1-9H,(H,19,20). The van der Waals surface area contributed by atoms with Gasteiger partial charge in [-0.05, 0) is 30.3 Å². The van der Waals surface area contributed by atoms with Gasteiger partial charge in [0.15, 0.2) is 0 Å². The zero-order valence-corrected chi connectivity index (χ0v) is 13.2. The van der Waals surface area contributed by atoms with Crippen molar-refractivity contribution in [2.75, 3.05) is 0 Å². The molecule has 3 rings (SSSR count). The molecular formula is C16H10BrNO2S. The summed E-state index contributed by atoms with van der Waals surface area (Å²) in [5.41, 5.74) is 0.751. The number of nitrogens with zero attached hydrogens (tertiary/aromatic N) is 1. The number of halogens is 1. The quantitative estimate of drug-likeness (QED) is 0.726. The molecule has 0 aliphatic heterocycles. The van der Waals surface area contributed by atoms with Crippen LogP contribution in [0.5, 0.6) is 0 Å². The molecule has 1 heterocycles. The highest BCUT2D eigenvalue weighted by atomic mass is 79.9. The van der Waals surface area contributed by atoms with Crippen LogP contribution in [0.25, 0.3) is 10.9 Å². The summed E-state index contributed by atoms with van der Waals surface area (Å²) in [7, 11) is 0. The van der Waals surface area contributed by atoms with E-state index in [9.17, 15) is 9.90 Å². The first-order valence-corrected chi connectivity index (χ1v) is 7.81. The van der Waals surface area contributed by atoms with Gasteiger partial charge >= 0.3 is 5.97 Å². The van der Waals surface area contributed by atoms with Gasteiger partial charge in [0.1, 0.15) is 5.69 Å². The number of hydrogen-bond donors (Lipinski definition) is 1. The Morgan fingerprint density at radius 3 is 2.67 bits per heavy atom. The van der Waals surface area contributed by atoms with Crippen molar-refractivity contribution in [1.82, 2.24) is 4.98 Å². The van der Waals surface area contributed by atoms with Crippen molar-refractivity contribution in [2.45, 2.75) is 9.79 Å². The second-order valence-electron chi connectivity index (χ2n) is 4.39. The van der Waals surface area contributed by atoms with E-state index in [1.165, 1.54) is 11.8 Å². The van der Waals surface area contributed by atoms with E-state index in [2.05, 4.69) is 20.9 Å². The summed E-state index contributed by atoms with van der Waals surface area (Å²) in [5, 5.41) is 10.2. The van der Waals surface area contributed by atoms with Crippen molar-refractivity contribution < 1.29 is 9.90 Å². The SMILES string of the molecule is O=C(O)c1cc(Sc2cccc(Br)c2)c2ccccc2n1. The lowest BCUT2D eigenvalue weighted by atomic mass is 10.2. The van der Waals surface area contributed by atoms with Crippen LogP contribution in [0.1, 0.15) is 10.5 Å². The lowest BCUT2D eigenvalue weighted by Crippen LogP contribution is -2.00. The average Bonchev–Trinajstić information content (AvgIpc) is 2.47. The van der Waals surface area contributed by atoms with E-state index in [1.807, 2.05) is 48.5 Å². The minimum atomic E-state index is -1.02. The molecule has 0 bridgehead atoms. The third kappa shape index (κ3) is 3.09. The minimum Gasteiger partial charge on any atom is -0.477 e. The van der Waals surface area contributed by atoms with Gasteiger partial charge in [0.2, 0.25) is 0 Å². The number of pyridine rings is 1. The highest BCUT2D eigenvalue weighted by molar-refractivity contribution is 9.10. The van der Waals surface area contributed by atoms with E-state index in [1.54, 1.807) is 6.07 Å². The summed E-state index contributed by atoms with van der Waals surface area (Å²) in [5.74, 6) is -1.02.